The van der Waals surface area contributed by atoms with Crippen molar-refractivity contribution in [2.45, 2.75) is 78.1 Å². The Labute approximate surface area is 217 Å². The number of esters is 3. The highest BCUT2D eigenvalue weighted by Crippen LogP contribution is 2.29. The maximum Gasteiger partial charge on any atom is 0.305 e. The quantitative estimate of drug-likeness (QED) is 0.279. The molecule has 1 aliphatic heterocycles. The summed E-state index contributed by atoms with van der Waals surface area (Å²) >= 11 is 0. The molecule has 14 nitrogen and oxygen atoms in total. The zero-order valence-corrected chi connectivity index (χ0v) is 21.3. The standard InChI is InChI=1S/C24H30N4O10/c1-12(31)25-21-23(36-14(3)33)22(35-13(2)32)20(38-24(21)37-15(4)34)9-28-8-19(26-27-28)18-6-16(10-29)5-17(7-18)11-30/h5-8,20-24,29-30H,9-11H2,1-4H3,(H,25,31)/t20?,21?,22-,23?,24-/m1/s1. The SMILES string of the molecule is CC(=O)NC1C(OC(C)=O)[C@H](OC(C)=O)C(Cn2cc(-c3cc(CO)cc(CO)c3)nn2)O[C@H]1OC(C)=O. The fraction of sp³-hybridized carbons (Fsp3) is 0.500. The maximum absolute atomic E-state index is 12.0. The van der Waals surface area contributed by atoms with Crippen molar-refractivity contribution in [2.24, 2.45) is 0 Å². The second kappa shape index (κ2) is 12.6. The minimum atomic E-state index is -1.38. The van der Waals surface area contributed by atoms with Crippen LogP contribution in [0.25, 0.3) is 11.3 Å². The molecule has 2 aromatic rings. The van der Waals surface area contributed by atoms with Crippen LogP contribution in [0, 0.1) is 0 Å². The van der Waals surface area contributed by atoms with Gasteiger partial charge in [-0.1, -0.05) is 11.3 Å². The van der Waals surface area contributed by atoms with E-state index in [9.17, 15) is 29.4 Å². The molecule has 3 N–H and O–H groups in total. The van der Waals surface area contributed by atoms with Crippen molar-refractivity contribution in [3.05, 3.63) is 35.5 Å². The zero-order chi connectivity index (χ0) is 28.0. The molecule has 0 bridgehead atoms. The topological polar surface area (TPSA) is 188 Å². The number of nitrogens with zero attached hydrogens (tertiary/aromatic N) is 3. The van der Waals surface area contributed by atoms with Crippen LogP contribution in [0.1, 0.15) is 38.8 Å². The van der Waals surface area contributed by atoms with Crippen molar-refractivity contribution < 1.29 is 48.3 Å². The average Bonchev–Trinajstić information content (AvgIpc) is 3.30. The van der Waals surface area contributed by atoms with Crippen LogP contribution >= 0.6 is 0 Å². The Morgan fingerprint density at radius 3 is 2.03 bits per heavy atom. The van der Waals surface area contributed by atoms with Crippen LogP contribution < -0.4 is 5.32 Å². The van der Waals surface area contributed by atoms with E-state index in [0.717, 1.165) is 20.8 Å². The number of hydrogen-bond donors (Lipinski definition) is 3. The zero-order valence-electron chi connectivity index (χ0n) is 21.3. The van der Waals surface area contributed by atoms with Gasteiger partial charge in [0.05, 0.1) is 26.0 Å². The number of nitrogens with one attached hydrogen (secondary N) is 1. The Morgan fingerprint density at radius 2 is 1.50 bits per heavy atom. The summed E-state index contributed by atoms with van der Waals surface area (Å²) in [6.45, 7) is 4.11. The summed E-state index contributed by atoms with van der Waals surface area (Å²) in [5.41, 5.74) is 2.15. The third kappa shape index (κ3) is 7.34. The number of ether oxygens (including phenoxy) is 4. The second-order valence-electron chi connectivity index (χ2n) is 8.71. The molecular weight excluding hydrogens is 504 g/mol. The van der Waals surface area contributed by atoms with Gasteiger partial charge in [-0.15, -0.1) is 5.10 Å². The highest BCUT2D eigenvalue weighted by molar-refractivity contribution is 5.74. The number of benzene rings is 1. The van der Waals surface area contributed by atoms with Gasteiger partial charge >= 0.3 is 17.9 Å². The number of aromatic nitrogens is 3. The number of aliphatic hydroxyl groups excluding tert-OH is 2. The van der Waals surface area contributed by atoms with Crippen molar-refractivity contribution in [3.63, 3.8) is 0 Å². The molecule has 3 unspecified atom stereocenters. The normalized spacial score (nSPS) is 22.8. The molecule has 1 fully saturated rings. The van der Waals surface area contributed by atoms with E-state index in [1.807, 2.05) is 0 Å². The Hall–Kier alpha value is -3.88. The summed E-state index contributed by atoms with van der Waals surface area (Å²) in [6.07, 6.45) is -3.35. The lowest BCUT2D eigenvalue weighted by Gasteiger charge is -2.44. The lowest BCUT2D eigenvalue weighted by molar-refractivity contribution is -0.267. The van der Waals surface area contributed by atoms with Crippen LogP contribution in [-0.4, -0.2) is 79.7 Å². The van der Waals surface area contributed by atoms with E-state index in [4.69, 9.17) is 18.9 Å². The smallest absolute Gasteiger partial charge is 0.305 e. The highest BCUT2D eigenvalue weighted by Gasteiger charge is 2.52. The lowest BCUT2D eigenvalue weighted by Crippen LogP contribution is -2.66. The largest absolute Gasteiger partial charge is 0.456 e. The highest BCUT2D eigenvalue weighted by atomic mass is 16.7. The minimum Gasteiger partial charge on any atom is -0.456 e. The van der Waals surface area contributed by atoms with E-state index in [2.05, 4.69) is 15.6 Å². The predicted molar refractivity (Wildman–Crippen MR) is 126 cm³/mol. The number of carbonyl (C=O) groups is 4. The Morgan fingerprint density at radius 1 is 0.921 bits per heavy atom. The van der Waals surface area contributed by atoms with Gasteiger partial charge in [-0.3, -0.25) is 19.2 Å². The van der Waals surface area contributed by atoms with Gasteiger partial charge in [-0.2, -0.15) is 0 Å². The summed E-state index contributed by atoms with van der Waals surface area (Å²) in [4.78, 5) is 47.6. The number of carbonyl (C=O) groups excluding carboxylic acids is 4. The molecule has 0 spiro atoms. The fourth-order valence-corrected chi connectivity index (χ4v) is 4.17. The van der Waals surface area contributed by atoms with Crippen molar-refractivity contribution in [2.75, 3.05) is 0 Å². The van der Waals surface area contributed by atoms with Crippen LogP contribution in [0.2, 0.25) is 0 Å². The van der Waals surface area contributed by atoms with Gasteiger partial charge in [0, 0.05) is 33.3 Å². The molecule has 2 heterocycles. The van der Waals surface area contributed by atoms with Gasteiger partial charge in [-0.25, -0.2) is 4.68 Å². The first-order chi connectivity index (χ1) is 18.0. The lowest BCUT2D eigenvalue weighted by atomic mass is 9.95. The molecule has 1 aromatic carbocycles. The molecule has 14 heteroatoms. The van der Waals surface area contributed by atoms with Gasteiger partial charge < -0.3 is 34.5 Å². The first kappa shape index (κ1) is 28.7. The molecule has 206 valence electrons. The van der Waals surface area contributed by atoms with Gasteiger partial charge in [0.25, 0.3) is 0 Å². The van der Waals surface area contributed by atoms with E-state index in [0.29, 0.717) is 22.4 Å². The van der Waals surface area contributed by atoms with Crippen molar-refractivity contribution in [3.8, 4) is 11.3 Å². The number of rotatable bonds is 9. The van der Waals surface area contributed by atoms with E-state index in [1.165, 1.54) is 11.6 Å². The number of hydrogen-bond acceptors (Lipinski definition) is 12. The molecule has 1 amide bonds. The summed E-state index contributed by atoms with van der Waals surface area (Å²) in [5, 5.41) is 29.8. The first-order valence-corrected chi connectivity index (χ1v) is 11.7. The van der Waals surface area contributed by atoms with Crippen LogP contribution in [0.5, 0.6) is 0 Å². The summed E-state index contributed by atoms with van der Waals surface area (Å²) < 4.78 is 23.5. The van der Waals surface area contributed by atoms with E-state index >= 15 is 0 Å². The van der Waals surface area contributed by atoms with Gasteiger partial charge in [-0.05, 0) is 23.3 Å². The third-order valence-electron chi connectivity index (χ3n) is 5.52. The number of amides is 1. The molecular formula is C24H30N4O10. The monoisotopic (exact) mass is 534 g/mol. The molecule has 1 saturated heterocycles. The van der Waals surface area contributed by atoms with E-state index in [1.54, 1.807) is 24.4 Å². The van der Waals surface area contributed by atoms with Crippen molar-refractivity contribution in [1.82, 2.24) is 20.3 Å². The number of aliphatic hydroxyl groups is 2. The van der Waals surface area contributed by atoms with Crippen LogP contribution in [-0.2, 0) is 57.9 Å². The van der Waals surface area contributed by atoms with Gasteiger partial charge in [0.1, 0.15) is 17.8 Å². The molecule has 1 aromatic heterocycles. The van der Waals surface area contributed by atoms with Crippen molar-refractivity contribution >= 4 is 23.8 Å². The molecule has 5 atom stereocenters. The maximum atomic E-state index is 12.0. The first-order valence-electron chi connectivity index (χ1n) is 11.7. The summed E-state index contributed by atoms with van der Waals surface area (Å²) in [5.74, 6) is -2.68. The van der Waals surface area contributed by atoms with Crippen molar-refractivity contribution in [1.29, 1.82) is 0 Å². The molecule has 0 aliphatic carbocycles. The second-order valence-corrected chi connectivity index (χ2v) is 8.71. The van der Waals surface area contributed by atoms with Crippen LogP contribution in [0.15, 0.2) is 24.4 Å². The van der Waals surface area contributed by atoms with E-state index in [-0.39, 0.29) is 19.8 Å². The summed E-state index contributed by atoms with van der Waals surface area (Å²) in [6, 6.07) is 3.86. The van der Waals surface area contributed by atoms with Gasteiger partial charge in [0.15, 0.2) is 12.2 Å². The molecule has 3 rings (SSSR count). The Kier molecular flexibility index (Phi) is 9.50. The molecule has 38 heavy (non-hydrogen) atoms. The van der Waals surface area contributed by atoms with Crippen LogP contribution in [0.4, 0.5) is 0 Å². The summed E-state index contributed by atoms with van der Waals surface area (Å²) in [7, 11) is 0. The third-order valence-corrected chi connectivity index (χ3v) is 5.52. The Balaban J connectivity index is 1.97. The van der Waals surface area contributed by atoms with E-state index < -0.39 is 54.5 Å². The van der Waals surface area contributed by atoms with Crippen LogP contribution in [0.3, 0.4) is 0 Å². The van der Waals surface area contributed by atoms with Gasteiger partial charge in [0.2, 0.25) is 12.2 Å². The molecule has 0 saturated carbocycles. The fourth-order valence-electron chi connectivity index (χ4n) is 4.17. The Bertz CT molecular complexity index is 1160. The molecule has 0 radical (unpaired) electrons. The molecule has 1 aliphatic rings. The predicted octanol–water partition coefficient (Wildman–Crippen LogP) is -0.414. The minimum absolute atomic E-state index is 0.0835. The average molecular weight is 535 g/mol.